The molecule has 4 nitrogen and oxygen atoms in total. The van der Waals surface area contributed by atoms with Crippen molar-refractivity contribution in [2.24, 2.45) is 0 Å². The van der Waals surface area contributed by atoms with Crippen molar-refractivity contribution >= 4 is 33.0 Å². The lowest BCUT2D eigenvalue weighted by molar-refractivity contribution is 0.183. The Morgan fingerprint density at radius 2 is 2.00 bits per heavy atom. The number of nitrogens with zero attached hydrogens (tertiary/aromatic N) is 2. The van der Waals surface area contributed by atoms with Gasteiger partial charge in [0.05, 0.1) is 0 Å². The third-order valence-corrected chi connectivity index (χ3v) is 5.94. The Morgan fingerprint density at radius 1 is 1.29 bits per heavy atom. The number of alkyl halides is 1. The van der Waals surface area contributed by atoms with E-state index in [-0.39, 0.29) is 5.21 Å². The van der Waals surface area contributed by atoms with E-state index in [4.69, 9.17) is 11.6 Å². The fraction of sp³-hybridized carbons (Fsp3) is 0.600. The van der Waals surface area contributed by atoms with Crippen LogP contribution >= 0.6 is 22.9 Å². The van der Waals surface area contributed by atoms with Crippen molar-refractivity contribution in [2.45, 2.75) is 6.54 Å². The lowest BCUT2D eigenvalue weighted by atomic mass is 10.3. The van der Waals surface area contributed by atoms with E-state index >= 15 is 0 Å². The van der Waals surface area contributed by atoms with Gasteiger partial charge in [-0.3, -0.25) is 4.90 Å². The molecule has 0 spiro atoms. The van der Waals surface area contributed by atoms with Gasteiger partial charge in [-0.1, -0.05) is 6.07 Å². The molecule has 96 valence electrons. The topological polar surface area (TPSA) is 40.6 Å². The fourth-order valence-corrected chi connectivity index (χ4v) is 3.88. The summed E-state index contributed by atoms with van der Waals surface area (Å²) in [5.41, 5.74) is 0. The quantitative estimate of drug-likeness (QED) is 0.788. The number of thiophene rings is 1. The highest BCUT2D eigenvalue weighted by Crippen LogP contribution is 2.15. The van der Waals surface area contributed by atoms with Crippen LogP contribution < -0.4 is 0 Å². The number of halogens is 1. The molecule has 1 aliphatic heterocycles. The molecule has 0 atom stereocenters. The second-order valence-electron chi connectivity index (χ2n) is 3.98. The normalized spacial score (nSPS) is 19.6. The maximum absolute atomic E-state index is 11.6. The average molecular weight is 295 g/mol. The van der Waals surface area contributed by atoms with Crippen molar-refractivity contribution in [3.05, 3.63) is 22.4 Å². The summed E-state index contributed by atoms with van der Waals surface area (Å²) < 4.78 is 24.6. The van der Waals surface area contributed by atoms with Crippen molar-refractivity contribution in [1.29, 1.82) is 0 Å². The van der Waals surface area contributed by atoms with Crippen molar-refractivity contribution < 1.29 is 8.42 Å². The lowest BCUT2D eigenvalue weighted by Gasteiger charge is -2.33. The van der Waals surface area contributed by atoms with Crippen LogP contribution in [0.2, 0.25) is 0 Å². The van der Waals surface area contributed by atoms with Crippen molar-refractivity contribution in [1.82, 2.24) is 9.21 Å². The van der Waals surface area contributed by atoms with Gasteiger partial charge in [0.1, 0.15) is 5.21 Å². The molecule has 17 heavy (non-hydrogen) atoms. The second-order valence-corrected chi connectivity index (χ2v) is 7.56. The maximum Gasteiger partial charge on any atom is 0.228 e. The molecule has 0 radical (unpaired) electrons. The molecule has 0 aliphatic carbocycles. The summed E-state index contributed by atoms with van der Waals surface area (Å²) in [5.74, 6) is 0. The summed E-state index contributed by atoms with van der Waals surface area (Å²) in [6.07, 6.45) is 0. The lowest BCUT2D eigenvalue weighted by Crippen LogP contribution is -2.48. The van der Waals surface area contributed by atoms with Crippen LogP contribution in [0, 0.1) is 0 Å². The first kappa shape index (κ1) is 13.3. The summed E-state index contributed by atoms with van der Waals surface area (Å²) in [6.45, 7) is 3.54. The third-order valence-electron chi connectivity index (χ3n) is 2.82. The van der Waals surface area contributed by atoms with E-state index in [1.54, 1.807) is 11.3 Å². The molecule has 1 aromatic heterocycles. The van der Waals surface area contributed by atoms with Crippen LogP contribution in [0.1, 0.15) is 4.88 Å². The largest absolute Gasteiger partial charge is 0.296 e. The second kappa shape index (κ2) is 5.67. The Balaban J connectivity index is 1.86. The Kier molecular flexibility index (Phi) is 4.43. The van der Waals surface area contributed by atoms with Gasteiger partial charge in [-0.05, 0) is 11.4 Å². The van der Waals surface area contributed by atoms with Gasteiger partial charge in [0.25, 0.3) is 0 Å². The van der Waals surface area contributed by atoms with Gasteiger partial charge in [0.2, 0.25) is 10.0 Å². The molecule has 0 bridgehead atoms. The molecule has 0 amide bonds. The first-order valence-corrected chi connectivity index (χ1v) is 8.43. The van der Waals surface area contributed by atoms with Crippen LogP contribution in [0.3, 0.4) is 0 Å². The molecule has 1 fully saturated rings. The average Bonchev–Trinajstić information content (AvgIpc) is 2.83. The Morgan fingerprint density at radius 3 is 2.53 bits per heavy atom. The molecule has 0 N–H and O–H groups in total. The molecule has 0 aromatic carbocycles. The molecule has 1 aromatic rings. The van der Waals surface area contributed by atoms with Gasteiger partial charge in [-0.15, -0.1) is 22.9 Å². The number of hydrogen-bond acceptors (Lipinski definition) is 4. The first-order chi connectivity index (χ1) is 8.12. The molecular formula is C10H15ClN2O2S2. The van der Waals surface area contributed by atoms with Gasteiger partial charge < -0.3 is 0 Å². The number of hydrogen-bond donors (Lipinski definition) is 0. The minimum Gasteiger partial charge on any atom is -0.296 e. The predicted molar refractivity (Wildman–Crippen MR) is 70.8 cm³/mol. The van der Waals surface area contributed by atoms with E-state index in [1.165, 1.54) is 9.18 Å². The third kappa shape index (κ3) is 3.42. The molecule has 7 heteroatoms. The summed E-state index contributed by atoms with van der Waals surface area (Å²) in [4.78, 5) is 3.59. The molecule has 1 saturated heterocycles. The zero-order valence-corrected chi connectivity index (χ0v) is 11.8. The fourth-order valence-electron chi connectivity index (χ4n) is 1.86. The van der Waals surface area contributed by atoms with Crippen LogP contribution in [-0.4, -0.2) is 49.0 Å². The smallest absolute Gasteiger partial charge is 0.228 e. The van der Waals surface area contributed by atoms with E-state index in [1.807, 2.05) is 6.07 Å². The van der Waals surface area contributed by atoms with Gasteiger partial charge >= 0.3 is 0 Å². The standard InChI is InChI=1S/C10H15ClN2O2S2/c11-9-17(14,15)13-5-3-12(4-6-13)8-10-2-1-7-16-10/h1-2,7H,3-6,8-9H2. The monoisotopic (exact) mass is 294 g/mol. The molecular weight excluding hydrogens is 280 g/mol. The molecule has 2 heterocycles. The Bertz CT molecular complexity index is 439. The van der Waals surface area contributed by atoms with Crippen molar-refractivity contribution in [2.75, 3.05) is 31.4 Å². The van der Waals surface area contributed by atoms with Gasteiger partial charge in [0.15, 0.2) is 0 Å². The minimum absolute atomic E-state index is 0.322. The Labute approximate surface area is 111 Å². The molecule has 0 unspecified atom stereocenters. The van der Waals surface area contributed by atoms with Gasteiger partial charge in [-0.2, -0.15) is 4.31 Å². The first-order valence-electron chi connectivity index (χ1n) is 5.40. The van der Waals surface area contributed by atoms with E-state index in [2.05, 4.69) is 16.3 Å². The van der Waals surface area contributed by atoms with E-state index in [0.717, 1.165) is 19.6 Å². The SMILES string of the molecule is O=S(=O)(CCl)N1CCN(Cc2cccs2)CC1. The Hall–Kier alpha value is -0.140. The highest BCUT2D eigenvalue weighted by atomic mass is 35.5. The highest BCUT2D eigenvalue weighted by Gasteiger charge is 2.25. The summed E-state index contributed by atoms with van der Waals surface area (Å²) in [5, 5.41) is 1.74. The van der Waals surface area contributed by atoms with Crippen LogP contribution in [0.5, 0.6) is 0 Å². The minimum atomic E-state index is -3.23. The van der Waals surface area contributed by atoms with Crippen molar-refractivity contribution in [3.8, 4) is 0 Å². The summed E-state index contributed by atoms with van der Waals surface area (Å²) in [6, 6.07) is 4.14. The van der Waals surface area contributed by atoms with E-state index in [9.17, 15) is 8.42 Å². The van der Waals surface area contributed by atoms with Crippen LogP contribution in [0.4, 0.5) is 0 Å². The van der Waals surface area contributed by atoms with Gasteiger partial charge in [0, 0.05) is 37.6 Å². The number of rotatable bonds is 4. The van der Waals surface area contributed by atoms with Crippen LogP contribution in [-0.2, 0) is 16.6 Å². The number of piperazine rings is 1. The highest BCUT2D eigenvalue weighted by molar-refractivity contribution is 7.90. The van der Waals surface area contributed by atoms with E-state index in [0.29, 0.717) is 13.1 Å². The van der Waals surface area contributed by atoms with Crippen LogP contribution in [0.25, 0.3) is 0 Å². The number of sulfonamides is 1. The zero-order valence-electron chi connectivity index (χ0n) is 9.38. The summed E-state index contributed by atoms with van der Waals surface area (Å²) >= 11 is 7.17. The summed E-state index contributed by atoms with van der Waals surface area (Å²) in [7, 11) is -3.23. The molecule has 2 rings (SSSR count). The zero-order chi connectivity index (χ0) is 12.3. The maximum atomic E-state index is 11.6. The molecule has 1 aliphatic rings. The van der Waals surface area contributed by atoms with E-state index < -0.39 is 10.0 Å². The van der Waals surface area contributed by atoms with Gasteiger partial charge in [-0.25, -0.2) is 8.42 Å². The predicted octanol–water partition coefficient (Wildman–Crippen LogP) is 1.39. The molecule has 0 saturated carbocycles. The van der Waals surface area contributed by atoms with Crippen LogP contribution in [0.15, 0.2) is 17.5 Å². The van der Waals surface area contributed by atoms with Crippen molar-refractivity contribution in [3.63, 3.8) is 0 Å².